The Bertz CT molecular complexity index is 1170. The van der Waals surface area contributed by atoms with Crippen molar-refractivity contribution in [2.45, 2.75) is 11.3 Å². The number of amides is 1. The number of benzene rings is 2. The molecule has 0 aliphatic carbocycles. The van der Waals surface area contributed by atoms with Crippen LogP contribution in [0.15, 0.2) is 64.1 Å². The van der Waals surface area contributed by atoms with Crippen molar-refractivity contribution in [3.63, 3.8) is 0 Å². The minimum absolute atomic E-state index is 0.140. The maximum atomic E-state index is 12.5. The van der Waals surface area contributed by atoms with E-state index in [0.717, 1.165) is 25.4 Å². The number of rotatable bonds is 9. The van der Waals surface area contributed by atoms with Crippen LogP contribution in [-0.2, 0) is 14.8 Å². The summed E-state index contributed by atoms with van der Waals surface area (Å²) in [7, 11) is -2.33. The molecular weight excluding hydrogens is 504 g/mol. The first-order valence-corrected chi connectivity index (χ1v) is 12.2. The minimum atomic E-state index is -3.72. The molecule has 31 heavy (non-hydrogen) atoms. The Hall–Kier alpha value is -2.20. The molecule has 1 heterocycles. The maximum absolute atomic E-state index is 12.5. The van der Waals surface area contributed by atoms with Crippen LogP contribution in [-0.4, -0.2) is 50.3 Å². The van der Waals surface area contributed by atoms with E-state index in [1.54, 1.807) is 24.4 Å². The molecule has 2 N–H and O–H groups in total. The van der Waals surface area contributed by atoms with Crippen molar-refractivity contribution in [2.24, 2.45) is 0 Å². The molecule has 0 aliphatic heterocycles. The minimum Gasteiger partial charge on any atom is -0.384 e. The third kappa shape index (κ3) is 6.16. The van der Waals surface area contributed by atoms with Gasteiger partial charge in [-0.05, 0) is 55.0 Å². The normalized spacial score (nSPS) is 11.6. The zero-order chi connectivity index (χ0) is 22.4. The van der Waals surface area contributed by atoms with Crippen LogP contribution < -0.4 is 10.6 Å². The fourth-order valence-corrected chi connectivity index (χ4v) is 4.50. The van der Waals surface area contributed by atoms with Gasteiger partial charge in [0.05, 0.1) is 17.0 Å². The summed E-state index contributed by atoms with van der Waals surface area (Å²) in [6.07, 6.45) is 2.39. The van der Waals surface area contributed by atoms with E-state index >= 15 is 0 Å². The number of hydrogen-bond donors (Lipinski definition) is 2. The second kappa shape index (κ2) is 10.4. The lowest BCUT2D eigenvalue weighted by Gasteiger charge is -2.17. The fourth-order valence-electron chi connectivity index (χ4n) is 2.94. The molecule has 10 heteroatoms. The maximum Gasteiger partial charge on any atom is 0.243 e. The smallest absolute Gasteiger partial charge is 0.243 e. The molecule has 0 fully saturated rings. The van der Waals surface area contributed by atoms with E-state index in [2.05, 4.69) is 31.5 Å². The predicted octanol–water partition coefficient (Wildman–Crippen LogP) is 3.89. The molecule has 0 saturated heterocycles. The Balaban J connectivity index is 1.45. The van der Waals surface area contributed by atoms with Crippen molar-refractivity contribution in [1.82, 2.24) is 14.6 Å². The summed E-state index contributed by atoms with van der Waals surface area (Å²) >= 11 is 9.28. The van der Waals surface area contributed by atoms with Crippen molar-refractivity contribution in [3.8, 4) is 0 Å². The van der Waals surface area contributed by atoms with Gasteiger partial charge in [0.2, 0.25) is 15.9 Å². The summed E-state index contributed by atoms with van der Waals surface area (Å²) < 4.78 is 26.9. The van der Waals surface area contributed by atoms with E-state index in [0.29, 0.717) is 24.5 Å². The molecule has 7 nitrogen and oxygen atoms in total. The number of likely N-dealkylation sites (N-methyl/N-ethyl adjacent to an activating group) is 1. The van der Waals surface area contributed by atoms with Crippen LogP contribution in [0.1, 0.15) is 6.42 Å². The number of pyridine rings is 1. The number of hydrogen-bond acceptors (Lipinski definition) is 5. The molecule has 0 saturated carbocycles. The standard InChI is InChI=1S/C21H22BrClN4O3S/c1-27(31(29,30)17-6-3-15(22)4-7-17)14-21(28)26-11-2-10-24-19-9-12-25-20-13-16(23)5-8-18(19)20/h3-9,12-13H,2,10-11,14H2,1H3,(H,24,25)(H,26,28). The summed E-state index contributed by atoms with van der Waals surface area (Å²) in [5.41, 5.74) is 1.74. The van der Waals surface area contributed by atoms with Gasteiger partial charge >= 0.3 is 0 Å². The molecule has 3 aromatic rings. The molecular formula is C21H22BrClN4O3S. The number of carbonyl (C=O) groups excluding carboxylic acids is 1. The van der Waals surface area contributed by atoms with E-state index < -0.39 is 10.0 Å². The van der Waals surface area contributed by atoms with Crippen LogP contribution in [0.4, 0.5) is 5.69 Å². The molecule has 2 aromatic carbocycles. The third-order valence-electron chi connectivity index (χ3n) is 4.58. The molecule has 0 bridgehead atoms. The molecule has 0 unspecified atom stereocenters. The van der Waals surface area contributed by atoms with Crippen LogP contribution in [0.25, 0.3) is 10.9 Å². The molecule has 0 radical (unpaired) electrons. The second-order valence-corrected chi connectivity index (χ2v) is 10.3. The molecule has 0 aliphatic rings. The summed E-state index contributed by atoms with van der Waals surface area (Å²) in [5.74, 6) is -0.354. The van der Waals surface area contributed by atoms with Crippen LogP contribution in [0, 0.1) is 0 Å². The van der Waals surface area contributed by atoms with E-state index in [9.17, 15) is 13.2 Å². The van der Waals surface area contributed by atoms with E-state index in [1.165, 1.54) is 19.2 Å². The zero-order valence-electron chi connectivity index (χ0n) is 16.8. The molecule has 0 spiro atoms. The molecule has 3 rings (SSSR count). The highest BCUT2D eigenvalue weighted by molar-refractivity contribution is 9.10. The topological polar surface area (TPSA) is 91.4 Å². The number of sulfonamides is 1. The number of fused-ring (bicyclic) bond motifs is 1. The lowest BCUT2D eigenvalue weighted by molar-refractivity contribution is -0.121. The van der Waals surface area contributed by atoms with Gasteiger partial charge in [-0.15, -0.1) is 0 Å². The number of halogens is 2. The largest absolute Gasteiger partial charge is 0.384 e. The van der Waals surface area contributed by atoms with Gasteiger partial charge in [0.25, 0.3) is 0 Å². The second-order valence-electron chi connectivity index (χ2n) is 6.87. The number of anilines is 1. The van der Waals surface area contributed by atoms with Crippen molar-refractivity contribution >= 4 is 60.1 Å². The first-order chi connectivity index (χ1) is 14.8. The number of nitrogens with zero attached hydrogens (tertiary/aromatic N) is 2. The van der Waals surface area contributed by atoms with Gasteiger partial charge < -0.3 is 10.6 Å². The summed E-state index contributed by atoms with van der Waals surface area (Å²) in [4.78, 5) is 16.6. The Labute approximate surface area is 195 Å². The van der Waals surface area contributed by atoms with Crippen LogP contribution in [0.2, 0.25) is 5.02 Å². The number of aromatic nitrogens is 1. The van der Waals surface area contributed by atoms with Gasteiger partial charge in [-0.25, -0.2) is 8.42 Å². The molecule has 164 valence electrons. The molecule has 0 atom stereocenters. The third-order valence-corrected chi connectivity index (χ3v) is 7.17. The Kier molecular flexibility index (Phi) is 7.88. The van der Waals surface area contributed by atoms with Gasteiger partial charge in [0, 0.05) is 46.9 Å². The van der Waals surface area contributed by atoms with Gasteiger partial charge in [-0.3, -0.25) is 9.78 Å². The highest BCUT2D eigenvalue weighted by atomic mass is 79.9. The molecule has 1 aromatic heterocycles. The molecule has 1 amide bonds. The van der Waals surface area contributed by atoms with Crippen molar-refractivity contribution in [3.05, 3.63) is 64.2 Å². The highest BCUT2D eigenvalue weighted by Crippen LogP contribution is 2.24. The Morgan fingerprint density at radius 1 is 1.13 bits per heavy atom. The SMILES string of the molecule is CN(CC(=O)NCCCNc1ccnc2cc(Cl)ccc12)S(=O)(=O)c1ccc(Br)cc1. The van der Waals surface area contributed by atoms with Crippen molar-refractivity contribution in [2.75, 3.05) is 32.0 Å². The number of carbonyl (C=O) groups is 1. The van der Waals surface area contributed by atoms with E-state index in [1.807, 2.05) is 18.2 Å². The zero-order valence-corrected chi connectivity index (χ0v) is 20.0. The van der Waals surface area contributed by atoms with Gasteiger partial charge in [0.15, 0.2) is 0 Å². The van der Waals surface area contributed by atoms with Gasteiger partial charge in [-0.1, -0.05) is 27.5 Å². The lowest BCUT2D eigenvalue weighted by Crippen LogP contribution is -2.38. The highest BCUT2D eigenvalue weighted by Gasteiger charge is 2.22. The van der Waals surface area contributed by atoms with Crippen molar-refractivity contribution in [1.29, 1.82) is 0 Å². The Morgan fingerprint density at radius 2 is 1.87 bits per heavy atom. The van der Waals surface area contributed by atoms with E-state index in [4.69, 9.17) is 11.6 Å². The summed E-state index contributed by atoms with van der Waals surface area (Å²) in [6, 6.07) is 13.7. The first kappa shape index (κ1) is 23.5. The lowest BCUT2D eigenvalue weighted by atomic mass is 10.2. The quantitative estimate of drug-likeness (QED) is 0.414. The summed E-state index contributed by atoms with van der Waals surface area (Å²) in [6.45, 7) is 0.809. The average Bonchev–Trinajstić information content (AvgIpc) is 2.73. The monoisotopic (exact) mass is 524 g/mol. The Morgan fingerprint density at radius 3 is 2.61 bits per heavy atom. The van der Waals surface area contributed by atoms with Gasteiger partial charge in [-0.2, -0.15) is 4.31 Å². The van der Waals surface area contributed by atoms with Crippen LogP contribution in [0.3, 0.4) is 0 Å². The van der Waals surface area contributed by atoms with E-state index in [-0.39, 0.29) is 17.3 Å². The first-order valence-electron chi connectivity index (χ1n) is 9.54. The van der Waals surface area contributed by atoms with Crippen molar-refractivity contribution < 1.29 is 13.2 Å². The van der Waals surface area contributed by atoms with Crippen LogP contribution >= 0.6 is 27.5 Å². The summed E-state index contributed by atoms with van der Waals surface area (Å²) in [5, 5.41) is 7.68. The van der Waals surface area contributed by atoms with Crippen LogP contribution in [0.5, 0.6) is 0 Å². The fraction of sp³-hybridized carbons (Fsp3) is 0.238. The predicted molar refractivity (Wildman–Crippen MR) is 127 cm³/mol. The van der Waals surface area contributed by atoms with Gasteiger partial charge in [0.1, 0.15) is 0 Å². The average molecular weight is 526 g/mol. The number of nitrogens with one attached hydrogen (secondary N) is 2.